The van der Waals surface area contributed by atoms with Crippen LogP contribution in [0.3, 0.4) is 0 Å². The Morgan fingerprint density at radius 2 is 1.87 bits per heavy atom. The van der Waals surface area contributed by atoms with Crippen LogP contribution < -0.4 is 5.32 Å². The van der Waals surface area contributed by atoms with Crippen molar-refractivity contribution in [1.29, 1.82) is 0 Å². The van der Waals surface area contributed by atoms with Crippen LogP contribution >= 0.6 is 0 Å². The molecule has 0 aliphatic carbocycles. The molecule has 1 aromatic carbocycles. The Morgan fingerprint density at radius 1 is 1.22 bits per heavy atom. The number of hydrogen-bond donors (Lipinski definition) is 1. The first-order valence-corrected chi connectivity index (χ1v) is 7.89. The van der Waals surface area contributed by atoms with Crippen molar-refractivity contribution in [3.05, 3.63) is 35.9 Å². The Kier molecular flexibility index (Phi) is 5.73. The van der Waals surface area contributed by atoms with Crippen LogP contribution in [0.5, 0.6) is 0 Å². The van der Waals surface area contributed by atoms with Gasteiger partial charge < -0.3 is 10.1 Å². The first-order chi connectivity index (χ1) is 11.1. The smallest absolute Gasteiger partial charge is 0.417 e. The summed E-state index contributed by atoms with van der Waals surface area (Å²) in [4.78, 5) is 36.8. The van der Waals surface area contributed by atoms with Crippen LogP contribution in [-0.4, -0.2) is 36.0 Å². The van der Waals surface area contributed by atoms with Crippen LogP contribution in [0, 0.1) is 5.92 Å². The van der Waals surface area contributed by atoms with Crippen LogP contribution in [-0.2, 0) is 14.3 Å². The zero-order chi connectivity index (χ0) is 16.8. The van der Waals surface area contributed by atoms with E-state index < -0.39 is 12.1 Å². The topological polar surface area (TPSA) is 75.7 Å². The summed E-state index contributed by atoms with van der Waals surface area (Å²) >= 11 is 0. The van der Waals surface area contributed by atoms with Gasteiger partial charge in [-0.25, -0.2) is 9.69 Å². The molecule has 124 valence electrons. The molecule has 0 radical (unpaired) electrons. The van der Waals surface area contributed by atoms with Crippen molar-refractivity contribution in [1.82, 2.24) is 10.2 Å². The van der Waals surface area contributed by atoms with Crippen molar-refractivity contribution in [3.8, 4) is 0 Å². The summed E-state index contributed by atoms with van der Waals surface area (Å²) in [5.74, 6) is -0.529. The molecule has 1 saturated heterocycles. The van der Waals surface area contributed by atoms with Gasteiger partial charge in [0.05, 0.1) is 12.6 Å². The molecule has 1 heterocycles. The lowest BCUT2D eigenvalue weighted by Crippen LogP contribution is -2.42. The maximum absolute atomic E-state index is 12.4. The summed E-state index contributed by atoms with van der Waals surface area (Å²) < 4.78 is 4.73. The molecule has 1 aliphatic rings. The summed E-state index contributed by atoms with van der Waals surface area (Å²) in [5.41, 5.74) is 0.847. The fourth-order valence-corrected chi connectivity index (χ4v) is 2.61. The van der Waals surface area contributed by atoms with E-state index in [1.807, 2.05) is 44.2 Å². The number of cyclic esters (lactones) is 1. The van der Waals surface area contributed by atoms with E-state index in [2.05, 4.69) is 5.32 Å². The van der Waals surface area contributed by atoms with E-state index in [0.29, 0.717) is 0 Å². The lowest BCUT2D eigenvalue weighted by molar-refractivity contribution is -0.128. The minimum atomic E-state index is -0.660. The van der Waals surface area contributed by atoms with Crippen LogP contribution in [0.2, 0.25) is 0 Å². The summed E-state index contributed by atoms with van der Waals surface area (Å²) in [5, 5.41) is 2.96. The Balaban J connectivity index is 2.17. The van der Waals surface area contributed by atoms with Crippen molar-refractivity contribution < 1.29 is 19.1 Å². The summed E-state index contributed by atoms with van der Waals surface area (Å²) in [6.45, 7) is 3.77. The Hall–Kier alpha value is -2.37. The Bertz CT molecular complexity index is 553. The average molecular weight is 318 g/mol. The molecule has 0 bridgehead atoms. The molecule has 1 fully saturated rings. The lowest BCUT2D eigenvalue weighted by atomic mass is 10.0. The van der Waals surface area contributed by atoms with E-state index in [0.717, 1.165) is 23.3 Å². The zero-order valence-electron chi connectivity index (χ0n) is 13.5. The number of carbonyl (C=O) groups excluding carboxylic acids is 3. The SMILES string of the molecule is CCC(CC)C(=O)NC(CN1C(=O)COC1=O)c1ccccc1. The number of carbonyl (C=O) groups is 3. The fourth-order valence-electron chi connectivity index (χ4n) is 2.61. The summed E-state index contributed by atoms with van der Waals surface area (Å²) in [6, 6.07) is 8.87. The largest absolute Gasteiger partial charge is 0.439 e. The van der Waals surface area contributed by atoms with Crippen LogP contribution in [0.4, 0.5) is 4.79 Å². The van der Waals surface area contributed by atoms with E-state index in [4.69, 9.17) is 4.74 Å². The molecular formula is C17H22N2O4. The van der Waals surface area contributed by atoms with Crippen LogP contribution in [0.1, 0.15) is 38.3 Å². The molecule has 1 unspecified atom stereocenters. The third-order valence-corrected chi connectivity index (χ3v) is 4.08. The number of nitrogens with one attached hydrogen (secondary N) is 1. The molecule has 6 nitrogen and oxygen atoms in total. The molecule has 1 atom stereocenters. The second-order valence-electron chi connectivity index (χ2n) is 5.54. The molecule has 1 aliphatic heterocycles. The van der Waals surface area contributed by atoms with Crippen molar-refractivity contribution in [2.45, 2.75) is 32.7 Å². The summed E-state index contributed by atoms with van der Waals surface area (Å²) in [7, 11) is 0. The molecule has 3 amide bonds. The van der Waals surface area contributed by atoms with Gasteiger partial charge in [-0.2, -0.15) is 0 Å². The van der Waals surface area contributed by atoms with E-state index in [1.165, 1.54) is 0 Å². The second-order valence-corrected chi connectivity index (χ2v) is 5.54. The molecule has 1 aromatic rings. The van der Waals surface area contributed by atoms with Gasteiger partial charge in [0, 0.05) is 5.92 Å². The number of imide groups is 1. The quantitative estimate of drug-likeness (QED) is 0.836. The Labute approximate surface area is 135 Å². The number of ether oxygens (including phenoxy) is 1. The van der Waals surface area contributed by atoms with Gasteiger partial charge in [0.2, 0.25) is 5.91 Å². The predicted octanol–water partition coefficient (Wildman–Crippen LogP) is 2.26. The number of nitrogens with zero attached hydrogens (tertiary/aromatic N) is 1. The van der Waals surface area contributed by atoms with Crippen molar-refractivity contribution >= 4 is 17.9 Å². The number of hydrogen-bond acceptors (Lipinski definition) is 4. The maximum atomic E-state index is 12.4. The molecule has 0 aromatic heterocycles. The molecular weight excluding hydrogens is 296 g/mol. The minimum Gasteiger partial charge on any atom is -0.439 e. The highest BCUT2D eigenvalue weighted by atomic mass is 16.6. The van der Waals surface area contributed by atoms with Crippen LogP contribution in [0.15, 0.2) is 30.3 Å². The van der Waals surface area contributed by atoms with E-state index in [9.17, 15) is 14.4 Å². The van der Waals surface area contributed by atoms with Crippen molar-refractivity contribution in [2.24, 2.45) is 5.92 Å². The Morgan fingerprint density at radius 3 is 2.39 bits per heavy atom. The van der Waals surface area contributed by atoms with Gasteiger partial charge in [-0.15, -0.1) is 0 Å². The van der Waals surface area contributed by atoms with Gasteiger partial charge in [-0.1, -0.05) is 44.2 Å². The normalized spacial score (nSPS) is 15.7. The lowest BCUT2D eigenvalue weighted by Gasteiger charge is -2.24. The zero-order valence-corrected chi connectivity index (χ0v) is 13.5. The molecule has 2 rings (SSSR count). The van der Waals surface area contributed by atoms with E-state index in [1.54, 1.807) is 0 Å². The van der Waals surface area contributed by atoms with Gasteiger partial charge in [-0.3, -0.25) is 9.59 Å². The summed E-state index contributed by atoms with van der Waals surface area (Å²) in [6.07, 6.45) is 0.830. The van der Waals surface area contributed by atoms with Gasteiger partial charge in [0.15, 0.2) is 6.61 Å². The predicted molar refractivity (Wildman–Crippen MR) is 84.5 cm³/mol. The average Bonchev–Trinajstić information content (AvgIpc) is 2.88. The maximum Gasteiger partial charge on any atom is 0.417 e. The molecule has 6 heteroatoms. The first kappa shape index (κ1) is 17.0. The number of rotatable bonds is 7. The molecule has 0 saturated carbocycles. The number of benzene rings is 1. The highest BCUT2D eigenvalue weighted by Gasteiger charge is 2.34. The van der Waals surface area contributed by atoms with Gasteiger partial charge in [-0.05, 0) is 18.4 Å². The molecule has 0 spiro atoms. The van der Waals surface area contributed by atoms with E-state index >= 15 is 0 Å². The van der Waals surface area contributed by atoms with Crippen LogP contribution in [0.25, 0.3) is 0 Å². The van der Waals surface area contributed by atoms with Gasteiger partial charge >= 0.3 is 6.09 Å². The van der Waals surface area contributed by atoms with Crippen molar-refractivity contribution in [2.75, 3.05) is 13.2 Å². The number of amides is 3. The first-order valence-electron chi connectivity index (χ1n) is 7.89. The highest BCUT2D eigenvalue weighted by Crippen LogP contribution is 2.19. The standard InChI is InChI=1S/C17H22N2O4/c1-3-12(4-2)16(21)18-14(13-8-6-5-7-9-13)10-19-15(20)11-23-17(19)22/h5-9,12,14H,3-4,10-11H2,1-2H3,(H,18,21). The van der Waals surface area contributed by atoms with E-state index in [-0.39, 0.29) is 30.9 Å². The third-order valence-electron chi connectivity index (χ3n) is 4.08. The monoisotopic (exact) mass is 318 g/mol. The molecule has 23 heavy (non-hydrogen) atoms. The minimum absolute atomic E-state index is 0.0659. The third kappa shape index (κ3) is 4.09. The van der Waals surface area contributed by atoms with Crippen molar-refractivity contribution in [3.63, 3.8) is 0 Å². The highest BCUT2D eigenvalue weighted by molar-refractivity contribution is 5.97. The van der Waals surface area contributed by atoms with Gasteiger partial charge in [0.25, 0.3) is 5.91 Å². The molecule has 1 N–H and O–H groups in total. The van der Waals surface area contributed by atoms with Gasteiger partial charge in [0.1, 0.15) is 0 Å². The fraction of sp³-hybridized carbons (Fsp3) is 0.471. The second kappa shape index (κ2) is 7.76.